The smallest absolute Gasteiger partial charge is 0.254 e. The molecule has 0 aromatic heterocycles. The number of amides is 5. The monoisotopic (exact) mass is 682 g/mol. The molecule has 2 N–H and O–H groups in total. The molecule has 4 aliphatic heterocycles. The molecular weight excluding hydrogens is 636 g/mol. The van der Waals surface area contributed by atoms with E-state index in [-0.39, 0.29) is 74.2 Å². The second kappa shape index (κ2) is 15.7. The Labute approximate surface area is 292 Å². The second-order valence-corrected chi connectivity index (χ2v) is 13.6. The van der Waals surface area contributed by atoms with Crippen LogP contribution < -0.4 is 15.4 Å². The third-order valence-electron chi connectivity index (χ3n) is 10.0. The summed E-state index contributed by atoms with van der Waals surface area (Å²) in [5.74, 6) is -0.842. The van der Waals surface area contributed by atoms with E-state index in [2.05, 4.69) is 15.5 Å². The number of likely N-dealkylation sites (tertiary alicyclic amines) is 1. The van der Waals surface area contributed by atoms with Gasteiger partial charge >= 0.3 is 0 Å². The number of fused-ring (bicyclic) bond motifs is 12. The second-order valence-electron chi connectivity index (χ2n) is 13.6. The van der Waals surface area contributed by atoms with E-state index in [1.54, 1.807) is 43.3 Å². The van der Waals surface area contributed by atoms with E-state index in [1.807, 2.05) is 42.5 Å². The predicted molar refractivity (Wildman–Crippen MR) is 188 cm³/mol. The van der Waals surface area contributed by atoms with Crippen molar-refractivity contribution in [3.8, 4) is 5.75 Å². The van der Waals surface area contributed by atoms with Gasteiger partial charge in [0.15, 0.2) is 0 Å². The van der Waals surface area contributed by atoms with Gasteiger partial charge in [-0.3, -0.25) is 28.9 Å². The molecule has 7 rings (SSSR count). The highest BCUT2D eigenvalue weighted by Crippen LogP contribution is 2.23. The summed E-state index contributed by atoms with van der Waals surface area (Å²) in [5.41, 5.74) is 1.28. The van der Waals surface area contributed by atoms with Crippen molar-refractivity contribution < 1.29 is 28.7 Å². The van der Waals surface area contributed by atoms with Crippen molar-refractivity contribution in [1.82, 2.24) is 30.2 Å². The Morgan fingerprint density at radius 2 is 1.64 bits per heavy atom. The topological polar surface area (TPSA) is 132 Å². The lowest BCUT2D eigenvalue weighted by molar-refractivity contribution is -0.140. The van der Waals surface area contributed by atoms with E-state index < -0.39 is 6.04 Å². The Hall–Kier alpha value is -4.97. The van der Waals surface area contributed by atoms with Crippen LogP contribution >= 0.6 is 0 Å². The molecule has 2 saturated heterocycles. The van der Waals surface area contributed by atoms with E-state index in [4.69, 9.17) is 4.74 Å². The van der Waals surface area contributed by atoms with Crippen molar-refractivity contribution in [3.63, 3.8) is 0 Å². The first-order valence-corrected chi connectivity index (χ1v) is 17.4. The van der Waals surface area contributed by atoms with Crippen LogP contribution in [0.4, 0.5) is 0 Å². The summed E-state index contributed by atoms with van der Waals surface area (Å²) < 4.78 is 6.09. The van der Waals surface area contributed by atoms with Crippen LogP contribution in [0.5, 0.6) is 5.75 Å². The zero-order valence-corrected chi connectivity index (χ0v) is 28.8. The molecule has 12 heteroatoms. The molecule has 12 nitrogen and oxygen atoms in total. The number of likely N-dealkylation sites (N-methyl/N-ethyl adjacent to an activating group) is 2. The van der Waals surface area contributed by atoms with Gasteiger partial charge in [0, 0.05) is 45.2 Å². The fraction of sp³-hybridized carbons (Fsp3) is 0.447. The maximum Gasteiger partial charge on any atom is 0.254 e. The molecule has 2 bridgehead atoms. The molecule has 3 aromatic carbocycles. The van der Waals surface area contributed by atoms with Crippen LogP contribution in [0.25, 0.3) is 10.8 Å². The lowest BCUT2D eigenvalue weighted by Gasteiger charge is -2.29. The van der Waals surface area contributed by atoms with Crippen LogP contribution in [-0.4, -0.2) is 121 Å². The van der Waals surface area contributed by atoms with Gasteiger partial charge in [0.2, 0.25) is 23.6 Å². The molecule has 4 heterocycles. The molecule has 3 aromatic rings. The largest absolute Gasteiger partial charge is 0.491 e. The van der Waals surface area contributed by atoms with Crippen LogP contribution in [-0.2, 0) is 25.7 Å². The number of hydrogen-bond donors (Lipinski definition) is 2. The van der Waals surface area contributed by atoms with Gasteiger partial charge in [-0.2, -0.15) is 0 Å². The number of hydrogen-bond acceptors (Lipinski definition) is 7. The number of nitrogens with one attached hydrogen (secondary N) is 2. The van der Waals surface area contributed by atoms with Crippen molar-refractivity contribution in [2.45, 2.75) is 56.8 Å². The van der Waals surface area contributed by atoms with E-state index >= 15 is 0 Å². The number of ether oxygens (including phenoxy) is 1. The summed E-state index contributed by atoms with van der Waals surface area (Å²) in [6, 6.07) is 19.1. The average Bonchev–Trinajstić information content (AvgIpc) is 3.78. The zero-order chi connectivity index (χ0) is 35.2. The van der Waals surface area contributed by atoms with Crippen LogP contribution in [0.3, 0.4) is 0 Å². The fourth-order valence-electron chi connectivity index (χ4n) is 7.12. The van der Waals surface area contributed by atoms with E-state index in [9.17, 15) is 24.0 Å². The van der Waals surface area contributed by atoms with E-state index in [0.717, 1.165) is 42.3 Å². The highest BCUT2D eigenvalue weighted by molar-refractivity contribution is 5.97. The minimum absolute atomic E-state index is 0.0455. The number of rotatable bonds is 6. The fourth-order valence-corrected chi connectivity index (χ4v) is 7.12. The Bertz CT molecular complexity index is 1720. The van der Waals surface area contributed by atoms with Gasteiger partial charge in [0.05, 0.1) is 19.1 Å². The van der Waals surface area contributed by atoms with Gasteiger partial charge in [0.1, 0.15) is 18.4 Å². The first-order chi connectivity index (χ1) is 24.1. The van der Waals surface area contributed by atoms with Crippen molar-refractivity contribution in [3.05, 3.63) is 77.9 Å². The molecule has 50 heavy (non-hydrogen) atoms. The number of benzene rings is 3. The first kappa shape index (κ1) is 34.9. The molecule has 264 valence electrons. The number of carbonyl (C=O) groups excluding carboxylic acids is 5. The van der Waals surface area contributed by atoms with Crippen molar-refractivity contribution >= 4 is 40.3 Å². The number of carbonyl (C=O) groups is 5. The highest BCUT2D eigenvalue weighted by atomic mass is 16.5. The lowest BCUT2D eigenvalue weighted by Crippen LogP contribution is -2.48. The van der Waals surface area contributed by atoms with Crippen LogP contribution in [0.1, 0.15) is 48.0 Å². The Balaban J connectivity index is 1.16. The molecular formula is C38H46N6O6. The summed E-state index contributed by atoms with van der Waals surface area (Å²) in [6.07, 6.45) is 2.73. The third kappa shape index (κ3) is 8.42. The maximum absolute atomic E-state index is 13.7. The summed E-state index contributed by atoms with van der Waals surface area (Å²) in [4.78, 5) is 73.7. The Morgan fingerprint density at radius 3 is 2.40 bits per heavy atom. The van der Waals surface area contributed by atoms with Crippen LogP contribution in [0.2, 0.25) is 0 Å². The van der Waals surface area contributed by atoms with Crippen molar-refractivity contribution in [2.75, 3.05) is 53.4 Å². The standard InChI is InChI=1S/C38H46N6O6/c1-41-24-36(47)44-22-30(40-34(45)23-43-17-5-6-18-43)20-31(44)25-50-32-13-11-28(12-14-32)38(49)42(2)33(15-16-35(41)46)37(48)39-21-26-9-10-27-7-3-4-8-29(27)19-26/h3-4,7-14,19,30-31,33H,5-6,15-18,20-25H2,1-2H3,(H,39,48)(H,40,45)/t30-,31+,33+/m1/s1. The number of nitrogens with zero attached hydrogens (tertiary/aromatic N) is 4. The SMILES string of the molecule is CN1CC(=O)N2C[C@H](NC(=O)CN3CCCC3)C[C@H]2COc2ccc(cc2)C(=O)N(C)[C@H](C(=O)NCc2ccc3ccccc3c2)CCC1=O. The summed E-state index contributed by atoms with van der Waals surface area (Å²) in [7, 11) is 3.13. The average molecular weight is 683 g/mol. The zero-order valence-electron chi connectivity index (χ0n) is 28.8. The van der Waals surface area contributed by atoms with E-state index in [0.29, 0.717) is 30.8 Å². The highest BCUT2D eigenvalue weighted by Gasteiger charge is 2.37. The normalized spacial score (nSPS) is 22.4. The first-order valence-electron chi connectivity index (χ1n) is 17.4. The molecule has 0 saturated carbocycles. The summed E-state index contributed by atoms with van der Waals surface area (Å²) in [5, 5.41) is 8.22. The Morgan fingerprint density at radius 1 is 0.900 bits per heavy atom. The molecule has 0 aliphatic carbocycles. The van der Waals surface area contributed by atoms with Gasteiger partial charge < -0.3 is 30.1 Å². The molecule has 0 unspecified atom stereocenters. The summed E-state index contributed by atoms with van der Waals surface area (Å²) >= 11 is 0. The van der Waals surface area contributed by atoms with Crippen molar-refractivity contribution in [1.29, 1.82) is 0 Å². The van der Waals surface area contributed by atoms with Gasteiger partial charge in [0.25, 0.3) is 5.91 Å². The van der Waals surface area contributed by atoms with Gasteiger partial charge in [-0.05, 0) is 85.4 Å². The molecule has 2 fully saturated rings. The maximum atomic E-state index is 13.7. The molecule has 5 amide bonds. The van der Waals surface area contributed by atoms with Gasteiger partial charge in [-0.1, -0.05) is 36.4 Å². The Kier molecular flexibility index (Phi) is 11.0. The van der Waals surface area contributed by atoms with Gasteiger partial charge in [-0.25, -0.2) is 0 Å². The molecule has 3 atom stereocenters. The van der Waals surface area contributed by atoms with Crippen molar-refractivity contribution in [2.24, 2.45) is 0 Å². The lowest BCUT2D eigenvalue weighted by atomic mass is 10.1. The van der Waals surface area contributed by atoms with Gasteiger partial charge in [-0.15, -0.1) is 0 Å². The van der Waals surface area contributed by atoms with E-state index in [1.165, 1.54) is 9.80 Å². The molecule has 0 spiro atoms. The summed E-state index contributed by atoms with van der Waals surface area (Å²) in [6.45, 7) is 2.77. The molecule has 4 aliphatic rings. The molecule has 0 radical (unpaired) electrons. The quantitative estimate of drug-likeness (QED) is 0.409. The predicted octanol–water partition coefficient (Wildman–Crippen LogP) is 2.41. The minimum atomic E-state index is -0.935. The van der Waals surface area contributed by atoms with Crippen LogP contribution in [0, 0.1) is 0 Å². The minimum Gasteiger partial charge on any atom is -0.491 e. The van der Waals surface area contributed by atoms with Crippen LogP contribution in [0.15, 0.2) is 66.7 Å². The third-order valence-corrected chi connectivity index (χ3v) is 10.0.